The highest BCUT2D eigenvalue weighted by Gasteiger charge is 2.23. The lowest BCUT2D eigenvalue weighted by Crippen LogP contribution is -2.21. The van der Waals surface area contributed by atoms with E-state index in [0.717, 1.165) is 4.57 Å². The molecule has 0 atom stereocenters. The van der Waals surface area contributed by atoms with Gasteiger partial charge < -0.3 is 29.8 Å². The first kappa shape index (κ1) is 17.5. The summed E-state index contributed by atoms with van der Waals surface area (Å²) in [5.74, 6) is -1.05. The molecule has 10 heteroatoms. The molecular weight excluding hydrogens is 322 g/mol. The van der Waals surface area contributed by atoms with Gasteiger partial charge in [-0.3, -0.25) is 4.79 Å². The van der Waals surface area contributed by atoms with Crippen LogP contribution in [0.15, 0.2) is 21.5 Å². The van der Waals surface area contributed by atoms with E-state index < -0.39 is 18.0 Å². The second kappa shape index (κ2) is 7.62. The quantitative estimate of drug-likeness (QED) is 0.444. The zero-order valence-corrected chi connectivity index (χ0v) is 12.9. The minimum absolute atomic E-state index is 0.0180. The van der Waals surface area contributed by atoms with E-state index in [1.807, 2.05) is 0 Å². The first-order chi connectivity index (χ1) is 11.4. The molecule has 0 saturated heterocycles. The number of furan rings is 1. The summed E-state index contributed by atoms with van der Waals surface area (Å²) in [6, 6.07) is 1.35. The van der Waals surface area contributed by atoms with Crippen molar-refractivity contribution in [2.45, 2.75) is 20.0 Å². The van der Waals surface area contributed by atoms with E-state index in [-0.39, 0.29) is 48.8 Å². The standard InChI is InChI=1S/C14H17N3O7/c1-8(19)3-5-22-7-23-12-11(20)9(6-18)24-13(12)17-4-2-10(15)16-14(17)21/h2,4,18,20H,3,5-7H2,1H3,(H2,15,16,21). The summed E-state index contributed by atoms with van der Waals surface area (Å²) in [4.78, 5) is 26.3. The lowest BCUT2D eigenvalue weighted by Gasteiger charge is -2.08. The van der Waals surface area contributed by atoms with Gasteiger partial charge in [0.1, 0.15) is 18.2 Å². The van der Waals surface area contributed by atoms with Gasteiger partial charge >= 0.3 is 5.69 Å². The number of anilines is 1. The number of rotatable bonds is 8. The van der Waals surface area contributed by atoms with Gasteiger partial charge in [-0.2, -0.15) is 4.98 Å². The normalized spacial score (nSPS) is 10.8. The molecular formula is C14H17N3O7. The Bertz CT molecular complexity index is 781. The Morgan fingerprint density at radius 1 is 1.50 bits per heavy atom. The van der Waals surface area contributed by atoms with Crippen LogP contribution in [-0.4, -0.2) is 38.9 Å². The van der Waals surface area contributed by atoms with E-state index in [2.05, 4.69) is 4.98 Å². The van der Waals surface area contributed by atoms with Crippen LogP contribution in [0.3, 0.4) is 0 Å². The lowest BCUT2D eigenvalue weighted by molar-refractivity contribution is -0.118. The highest BCUT2D eigenvalue weighted by Crippen LogP contribution is 2.39. The van der Waals surface area contributed by atoms with Crippen LogP contribution in [0, 0.1) is 0 Å². The Kier molecular flexibility index (Phi) is 5.55. The maximum absolute atomic E-state index is 11.9. The lowest BCUT2D eigenvalue weighted by atomic mass is 10.3. The molecule has 0 saturated carbocycles. The second-order valence-electron chi connectivity index (χ2n) is 4.79. The molecule has 130 valence electrons. The van der Waals surface area contributed by atoms with Crippen molar-refractivity contribution in [3.05, 3.63) is 28.5 Å². The van der Waals surface area contributed by atoms with Crippen LogP contribution in [0.25, 0.3) is 5.88 Å². The minimum atomic E-state index is -0.754. The van der Waals surface area contributed by atoms with E-state index >= 15 is 0 Å². The molecule has 10 nitrogen and oxygen atoms in total. The molecule has 24 heavy (non-hydrogen) atoms. The number of nitrogens with zero attached hydrogens (tertiary/aromatic N) is 2. The minimum Gasteiger partial charge on any atom is -0.502 e. The summed E-state index contributed by atoms with van der Waals surface area (Å²) in [6.07, 6.45) is 1.50. The van der Waals surface area contributed by atoms with Crippen molar-refractivity contribution in [2.75, 3.05) is 19.1 Å². The van der Waals surface area contributed by atoms with Gasteiger partial charge in [-0.05, 0) is 13.0 Å². The summed E-state index contributed by atoms with van der Waals surface area (Å²) in [6.45, 7) is 0.664. The molecule has 0 aliphatic carbocycles. The number of aliphatic hydroxyl groups excluding tert-OH is 1. The second-order valence-corrected chi connectivity index (χ2v) is 4.79. The molecule has 0 bridgehead atoms. The van der Waals surface area contributed by atoms with Crippen molar-refractivity contribution in [3.8, 4) is 17.4 Å². The topological polar surface area (TPSA) is 150 Å². The molecule has 0 spiro atoms. The summed E-state index contributed by atoms with van der Waals surface area (Å²) in [5, 5.41) is 19.2. The molecule has 0 aromatic carbocycles. The predicted octanol–water partition coefficient (Wildman–Crippen LogP) is -0.0624. The highest BCUT2D eigenvalue weighted by atomic mass is 16.7. The third-order valence-electron chi connectivity index (χ3n) is 2.97. The molecule has 0 aliphatic rings. The smallest absolute Gasteiger partial charge is 0.356 e. The van der Waals surface area contributed by atoms with Gasteiger partial charge in [0, 0.05) is 12.6 Å². The zero-order chi connectivity index (χ0) is 17.7. The van der Waals surface area contributed by atoms with Crippen LogP contribution in [0.1, 0.15) is 19.1 Å². The first-order valence-electron chi connectivity index (χ1n) is 6.95. The van der Waals surface area contributed by atoms with Gasteiger partial charge in [0.15, 0.2) is 12.6 Å². The average Bonchev–Trinajstić information content (AvgIpc) is 2.83. The third kappa shape index (κ3) is 3.91. The van der Waals surface area contributed by atoms with Crippen LogP contribution in [0.5, 0.6) is 11.5 Å². The summed E-state index contributed by atoms with van der Waals surface area (Å²) >= 11 is 0. The molecule has 0 fully saturated rings. The van der Waals surface area contributed by atoms with E-state index in [0.29, 0.717) is 0 Å². The number of nitrogens with two attached hydrogens (primary N) is 1. The van der Waals surface area contributed by atoms with Crippen molar-refractivity contribution in [1.29, 1.82) is 0 Å². The van der Waals surface area contributed by atoms with Crippen LogP contribution in [0.4, 0.5) is 5.82 Å². The molecule has 0 amide bonds. The molecule has 2 aromatic rings. The molecule has 2 rings (SSSR count). The number of hydrogen-bond acceptors (Lipinski definition) is 9. The van der Waals surface area contributed by atoms with Crippen molar-refractivity contribution >= 4 is 11.6 Å². The van der Waals surface area contributed by atoms with Gasteiger partial charge in [0.2, 0.25) is 11.5 Å². The Balaban J connectivity index is 2.24. The number of carbonyl (C=O) groups is 1. The van der Waals surface area contributed by atoms with Gasteiger partial charge in [0.05, 0.1) is 6.61 Å². The van der Waals surface area contributed by atoms with Crippen LogP contribution in [0.2, 0.25) is 0 Å². The van der Waals surface area contributed by atoms with E-state index in [4.69, 9.17) is 19.6 Å². The van der Waals surface area contributed by atoms with E-state index in [1.165, 1.54) is 19.2 Å². The molecule has 4 N–H and O–H groups in total. The number of ketones is 1. The number of Topliss-reactive ketones (excluding diaryl/α,β-unsaturated/α-hetero) is 1. The average molecular weight is 339 g/mol. The van der Waals surface area contributed by atoms with Crippen molar-refractivity contribution in [1.82, 2.24) is 9.55 Å². The van der Waals surface area contributed by atoms with Crippen molar-refractivity contribution < 1.29 is 28.9 Å². The zero-order valence-electron chi connectivity index (χ0n) is 12.9. The number of carbonyl (C=O) groups excluding carboxylic acids is 1. The fourth-order valence-electron chi connectivity index (χ4n) is 1.78. The Hall–Kier alpha value is -2.85. The van der Waals surface area contributed by atoms with Crippen LogP contribution < -0.4 is 16.2 Å². The molecule has 0 unspecified atom stereocenters. The SMILES string of the molecule is CC(=O)CCOCOc1c(-n2ccc(N)nc2=O)oc(CO)c1O. The van der Waals surface area contributed by atoms with Crippen molar-refractivity contribution in [3.63, 3.8) is 0 Å². The third-order valence-corrected chi connectivity index (χ3v) is 2.97. The Morgan fingerprint density at radius 3 is 2.88 bits per heavy atom. The van der Waals surface area contributed by atoms with Gasteiger partial charge in [-0.1, -0.05) is 0 Å². The first-order valence-corrected chi connectivity index (χ1v) is 6.95. The number of hydrogen-bond donors (Lipinski definition) is 3. The predicted molar refractivity (Wildman–Crippen MR) is 80.8 cm³/mol. The number of ether oxygens (including phenoxy) is 2. The Morgan fingerprint density at radius 2 is 2.25 bits per heavy atom. The largest absolute Gasteiger partial charge is 0.502 e. The number of aromatic nitrogens is 2. The molecule has 2 heterocycles. The van der Waals surface area contributed by atoms with Gasteiger partial charge in [0.25, 0.3) is 5.88 Å². The van der Waals surface area contributed by atoms with Crippen LogP contribution in [-0.2, 0) is 16.1 Å². The summed E-state index contributed by atoms with van der Waals surface area (Å²) < 4.78 is 16.6. The summed E-state index contributed by atoms with van der Waals surface area (Å²) in [5.41, 5.74) is 4.67. The van der Waals surface area contributed by atoms with Gasteiger partial charge in [-0.15, -0.1) is 0 Å². The molecule has 2 aromatic heterocycles. The number of aliphatic hydroxyl groups is 1. The summed E-state index contributed by atoms with van der Waals surface area (Å²) in [7, 11) is 0. The van der Waals surface area contributed by atoms with E-state index in [1.54, 1.807) is 0 Å². The number of nitrogen functional groups attached to an aromatic ring is 1. The number of aromatic hydroxyl groups is 1. The fraction of sp³-hybridized carbons (Fsp3) is 0.357. The maximum atomic E-state index is 11.9. The molecule has 0 radical (unpaired) electrons. The van der Waals surface area contributed by atoms with Gasteiger partial charge in [-0.25, -0.2) is 9.36 Å². The fourth-order valence-corrected chi connectivity index (χ4v) is 1.78. The maximum Gasteiger partial charge on any atom is 0.356 e. The van der Waals surface area contributed by atoms with Crippen LogP contribution >= 0.6 is 0 Å². The van der Waals surface area contributed by atoms with Crippen molar-refractivity contribution in [2.24, 2.45) is 0 Å². The van der Waals surface area contributed by atoms with E-state index in [9.17, 15) is 19.8 Å². The monoisotopic (exact) mass is 339 g/mol. The Labute approximate surface area is 136 Å². The highest BCUT2D eigenvalue weighted by molar-refractivity contribution is 5.75. The molecule has 0 aliphatic heterocycles.